The third-order valence-corrected chi connectivity index (χ3v) is 3.49. The van der Waals surface area contributed by atoms with Gasteiger partial charge in [-0.2, -0.15) is 0 Å². The monoisotopic (exact) mass is 277 g/mol. The molecule has 1 N–H and O–H groups in total. The number of carboxylic acids is 1. The van der Waals surface area contributed by atoms with Crippen molar-refractivity contribution in [3.63, 3.8) is 0 Å². The number of amides is 1. The Balaban J connectivity index is 1.93. The van der Waals surface area contributed by atoms with Gasteiger partial charge in [0, 0.05) is 6.54 Å². The Morgan fingerprint density at radius 3 is 2.65 bits per heavy atom. The van der Waals surface area contributed by atoms with Gasteiger partial charge in [0.1, 0.15) is 11.8 Å². The van der Waals surface area contributed by atoms with Crippen LogP contribution in [0.5, 0.6) is 5.75 Å². The van der Waals surface area contributed by atoms with Gasteiger partial charge in [-0.3, -0.25) is 4.79 Å². The average molecular weight is 277 g/mol. The third kappa shape index (κ3) is 3.50. The van der Waals surface area contributed by atoms with Gasteiger partial charge in [-0.15, -0.1) is 0 Å². The number of benzene rings is 1. The Kier molecular flexibility index (Phi) is 4.61. The predicted octanol–water partition coefficient (Wildman–Crippen LogP) is 1.84. The van der Waals surface area contributed by atoms with E-state index in [-0.39, 0.29) is 12.5 Å². The summed E-state index contributed by atoms with van der Waals surface area (Å²) in [6, 6.07) is 6.69. The van der Waals surface area contributed by atoms with Gasteiger partial charge in [-0.05, 0) is 38.3 Å². The molecule has 0 aromatic heterocycles. The number of piperidine rings is 1. The van der Waals surface area contributed by atoms with Crippen molar-refractivity contribution in [2.75, 3.05) is 13.2 Å². The van der Waals surface area contributed by atoms with Crippen molar-refractivity contribution >= 4 is 11.9 Å². The fourth-order valence-corrected chi connectivity index (χ4v) is 2.35. The Bertz CT molecular complexity index is 483. The van der Waals surface area contributed by atoms with Gasteiger partial charge in [-0.1, -0.05) is 17.7 Å². The molecule has 1 aromatic carbocycles. The van der Waals surface area contributed by atoms with E-state index < -0.39 is 12.0 Å². The van der Waals surface area contributed by atoms with Crippen molar-refractivity contribution < 1.29 is 19.4 Å². The summed E-state index contributed by atoms with van der Waals surface area (Å²) in [7, 11) is 0. The molecule has 1 heterocycles. The first kappa shape index (κ1) is 14.4. The van der Waals surface area contributed by atoms with E-state index in [1.54, 1.807) is 12.1 Å². The molecule has 5 nitrogen and oxygen atoms in total. The Morgan fingerprint density at radius 1 is 1.30 bits per heavy atom. The fraction of sp³-hybridized carbons (Fsp3) is 0.467. The Labute approximate surface area is 118 Å². The van der Waals surface area contributed by atoms with Gasteiger partial charge in [0.25, 0.3) is 5.91 Å². The van der Waals surface area contributed by atoms with Crippen LogP contribution >= 0.6 is 0 Å². The van der Waals surface area contributed by atoms with Gasteiger partial charge < -0.3 is 14.7 Å². The first-order valence-electron chi connectivity index (χ1n) is 6.79. The molecule has 0 aliphatic carbocycles. The number of rotatable bonds is 4. The molecule has 2 rings (SSSR count). The highest BCUT2D eigenvalue weighted by atomic mass is 16.5. The molecule has 0 radical (unpaired) electrons. The largest absolute Gasteiger partial charge is 0.484 e. The SMILES string of the molecule is Cc1ccc(OCC(=O)N2CCCCC2C(=O)O)cc1. The highest BCUT2D eigenvalue weighted by Gasteiger charge is 2.31. The van der Waals surface area contributed by atoms with Gasteiger partial charge in [-0.25, -0.2) is 4.79 Å². The molecule has 0 bridgehead atoms. The van der Waals surface area contributed by atoms with Crippen molar-refractivity contribution in [1.82, 2.24) is 4.90 Å². The normalized spacial score (nSPS) is 18.6. The van der Waals surface area contributed by atoms with Crippen LogP contribution in [-0.2, 0) is 9.59 Å². The summed E-state index contributed by atoms with van der Waals surface area (Å²) in [6.45, 7) is 2.35. The number of aliphatic carboxylic acids is 1. The van der Waals surface area contributed by atoms with Crippen LogP contribution in [-0.4, -0.2) is 41.1 Å². The molecule has 0 saturated carbocycles. The van der Waals surface area contributed by atoms with E-state index in [4.69, 9.17) is 9.84 Å². The first-order valence-corrected chi connectivity index (χ1v) is 6.79. The van der Waals surface area contributed by atoms with E-state index in [9.17, 15) is 9.59 Å². The van der Waals surface area contributed by atoms with E-state index in [0.29, 0.717) is 18.7 Å². The lowest BCUT2D eigenvalue weighted by atomic mass is 10.0. The van der Waals surface area contributed by atoms with Crippen molar-refractivity contribution in [3.8, 4) is 5.75 Å². The van der Waals surface area contributed by atoms with Crippen LogP contribution in [0.15, 0.2) is 24.3 Å². The summed E-state index contributed by atoms with van der Waals surface area (Å²) >= 11 is 0. The lowest BCUT2D eigenvalue weighted by Crippen LogP contribution is -2.49. The second-order valence-electron chi connectivity index (χ2n) is 5.04. The number of hydrogen-bond acceptors (Lipinski definition) is 3. The minimum atomic E-state index is -0.937. The molecule has 1 amide bonds. The van der Waals surface area contributed by atoms with E-state index in [1.807, 2.05) is 19.1 Å². The molecular formula is C15H19NO4. The molecule has 1 aromatic rings. The lowest BCUT2D eigenvalue weighted by molar-refractivity contribution is -0.152. The standard InChI is InChI=1S/C15H19NO4/c1-11-5-7-12(8-6-11)20-10-14(17)16-9-3-2-4-13(16)15(18)19/h5-8,13H,2-4,9-10H2,1H3,(H,18,19). The summed E-state index contributed by atoms with van der Waals surface area (Å²) in [5, 5.41) is 9.14. The maximum atomic E-state index is 12.1. The van der Waals surface area contributed by atoms with E-state index >= 15 is 0 Å². The summed E-state index contributed by atoms with van der Waals surface area (Å²) in [5.74, 6) is -0.584. The van der Waals surface area contributed by atoms with Crippen LogP contribution in [0.2, 0.25) is 0 Å². The maximum absolute atomic E-state index is 12.1. The van der Waals surface area contributed by atoms with Crippen LogP contribution in [0.4, 0.5) is 0 Å². The van der Waals surface area contributed by atoms with Crippen LogP contribution in [0.3, 0.4) is 0 Å². The molecule has 20 heavy (non-hydrogen) atoms. The van der Waals surface area contributed by atoms with Crippen molar-refractivity contribution in [1.29, 1.82) is 0 Å². The van der Waals surface area contributed by atoms with Crippen molar-refractivity contribution in [2.24, 2.45) is 0 Å². The zero-order valence-corrected chi connectivity index (χ0v) is 11.5. The number of carboxylic acid groups (broad SMARTS) is 1. The van der Waals surface area contributed by atoms with Gasteiger partial charge >= 0.3 is 5.97 Å². The highest BCUT2D eigenvalue weighted by Crippen LogP contribution is 2.18. The molecular weight excluding hydrogens is 258 g/mol. The number of ether oxygens (including phenoxy) is 1. The van der Waals surface area contributed by atoms with Crippen molar-refractivity contribution in [3.05, 3.63) is 29.8 Å². The zero-order chi connectivity index (χ0) is 14.5. The zero-order valence-electron chi connectivity index (χ0n) is 11.5. The predicted molar refractivity (Wildman–Crippen MR) is 73.7 cm³/mol. The molecule has 1 aliphatic rings. The average Bonchev–Trinajstić information content (AvgIpc) is 2.46. The number of carbonyl (C=O) groups excluding carboxylic acids is 1. The van der Waals surface area contributed by atoms with E-state index in [2.05, 4.69) is 0 Å². The molecule has 0 spiro atoms. The first-order chi connectivity index (χ1) is 9.58. The smallest absolute Gasteiger partial charge is 0.326 e. The molecule has 1 atom stereocenters. The van der Waals surface area contributed by atoms with Gasteiger partial charge in [0.05, 0.1) is 0 Å². The third-order valence-electron chi connectivity index (χ3n) is 3.49. The second-order valence-corrected chi connectivity index (χ2v) is 5.04. The number of nitrogens with zero attached hydrogens (tertiary/aromatic N) is 1. The Hall–Kier alpha value is -2.04. The summed E-state index contributed by atoms with van der Waals surface area (Å²) in [6.07, 6.45) is 2.21. The fourth-order valence-electron chi connectivity index (χ4n) is 2.35. The van der Waals surface area contributed by atoms with Crippen molar-refractivity contribution in [2.45, 2.75) is 32.2 Å². The van der Waals surface area contributed by atoms with Crippen LogP contribution < -0.4 is 4.74 Å². The number of aryl methyl sites for hydroxylation is 1. The number of carbonyl (C=O) groups is 2. The molecule has 1 aliphatic heterocycles. The topological polar surface area (TPSA) is 66.8 Å². The molecule has 1 fully saturated rings. The van der Waals surface area contributed by atoms with Gasteiger partial charge in [0.15, 0.2) is 6.61 Å². The molecule has 108 valence electrons. The molecule has 1 saturated heterocycles. The number of hydrogen-bond donors (Lipinski definition) is 1. The second kappa shape index (κ2) is 6.41. The van der Waals surface area contributed by atoms with Crippen LogP contribution in [0.25, 0.3) is 0 Å². The van der Waals surface area contributed by atoms with Crippen LogP contribution in [0, 0.1) is 6.92 Å². The minimum Gasteiger partial charge on any atom is -0.484 e. The van der Waals surface area contributed by atoms with E-state index in [0.717, 1.165) is 18.4 Å². The molecule has 5 heteroatoms. The molecule has 1 unspecified atom stereocenters. The highest BCUT2D eigenvalue weighted by molar-refractivity contribution is 5.84. The summed E-state index contributed by atoms with van der Waals surface area (Å²) in [4.78, 5) is 24.7. The lowest BCUT2D eigenvalue weighted by Gasteiger charge is -2.32. The summed E-state index contributed by atoms with van der Waals surface area (Å²) < 4.78 is 5.42. The minimum absolute atomic E-state index is 0.118. The summed E-state index contributed by atoms with van der Waals surface area (Å²) in [5.41, 5.74) is 1.12. The maximum Gasteiger partial charge on any atom is 0.326 e. The Morgan fingerprint density at radius 2 is 2.00 bits per heavy atom. The number of likely N-dealkylation sites (tertiary alicyclic amines) is 1. The quantitative estimate of drug-likeness (QED) is 0.912. The van der Waals surface area contributed by atoms with Gasteiger partial charge in [0.2, 0.25) is 0 Å². The van der Waals surface area contributed by atoms with Crippen LogP contribution in [0.1, 0.15) is 24.8 Å². The van der Waals surface area contributed by atoms with E-state index in [1.165, 1.54) is 4.90 Å².